The number of nitrogens with one attached hydrogen (secondary N) is 1. The van der Waals surface area contributed by atoms with Gasteiger partial charge in [0.25, 0.3) is 5.91 Å². The Morgan fingerprint density at radius 2 is 2.27 bits per heavy atom. The fourth-order valence-electron chi connectivity index (χ4n) is 2.33. The Hall–Kier alpha value is -2.12. The highest BCUT2D eigenvalue weighted by molar-refractivity contribution is 5.93. The molecule has 1 aromatic carbocycles. The van der Waals surface area contributed by atoms with E-state index < -0.39 is 5.91 Å². The molecule has 0 aromatic heterocycles. The molecule has 0 saturated heterocycles. The van der Waals surface area contributed by atoms with Gasteiger partial charge in [-0.2, -0.15) is 0 Å². The van der Waals surface area contributed by atoms with Crippen molar-refractivity contribution in [1.29, 1.82) is 0 Å². The molecule has 0 unspecified atom stereocenters. The van der Waals surface area contributed by atoms with Gasteiger partial charge in [-0.1, -0.05) is 6.07 Å². The van der Waals surface area contributed by atoms with E-state index in [0.29, 0.717) is 37.5 Å². The van der Waals surface area contributed by atoms with Gasteiger partial charge in [0.15, 0.2) is 0 Å². The molecule has 120 valence electrons. The molecule has 1 aliphatic heterocycles. The van der Waals surface area contributed by atoms with Crippen molar-refractivity contribution in [1.82, 2.24) is 10.4 Å². The standard InChI is InChI=1S/C15H20N2O5/c1-10-9-22-13-7-11(15(19)16-20)3-4-12(13)8-17(10)14(18)5-6-21-2/h3-4,7,10,20H,5-6,8-9H2,1-2H3,(H,16,19)/t10-/m0/s1. The maximum atomic E-state index is 12.2. The Labute approximate surface area is 128 Å². The third-order valence-corrected chi connectivity index (χ3v) is 3.62. The second-order valence-electron chi connectivity index (χ2n) is 5.19. The normalized spacial score (nSPS) is 17.2. The van der Waals surface area contributed by atoms with Gasteiger partial charge in [0.05, 0.1) is 19.1 Å². The van der Waals surface area contributed by atoms with Crippen molar-refractivity contribution in [3.8, 4) is 5.75 Å². The van der Waals surface area contributed by atoms with Crippen LogP contribution in [-0.2, 0) is 16.1 Å². The maximum Gasteiger partial charge on any atom is 0.274 e. The Morgan fingerprint density at radius 1 is 1.50 bits per heavy atom. The van der Waals surface area contributed by atoms with E-state index in [2.05, 4.69) is 0 Å². The van der Waals surface area contributed by atoms with Crippen molar-refractivity contribution in [2.45, 2.75) is 25.9 Å². The monoisotopic (exact) mass is 308 g/mol. The topological polar surface area (TPSA) is 88.1 Å². The van der Waals surface area contributed by atoms with Crippen molar-refractivity contribution in [3.05, 3.63) is 29.3 Å². The van der Waals surface area contributed by atoms with Crippen LogP contribution in [0.1, 0.15) is 29.3 Å². The molecule has 7 nitrogen and oxygen atoms in total. The van der Waals surface area contributed by atoms with Gasteiger partial charge in [-0.25, -0.2) is 5.48 Å². The van der Waals surface area contributed by atoms with Gasteiger partial charge < -0.3 is 14.4 Å². The van der Waals surface area contributed by atoms with Gasteiger partial charge in [-0.15, -0.1) is 0 Å². The molecule has 0 radical (unpaired) electrons. The summed E-state index contributed by atoms with van der Waals surface area (Å²) in [5.41, 5.74) is 2.71. The summed E-state index contributed by atoms with van der Waals surface area (Å²) in [6.45, 7) is 3.05. The summed E-state index contributed by atoms with van der Waals surface area (Å²) in [4.78, 5) is 25.4. The number of rotatable bonds is 4. The number of nitrogens with zero attached hydrogens (tertiary/aromatic N) is 1. The first-order valence-corrected chi connectivity index (χ1v) is 7.05. The van der Waals surface area contributed by atoms with Gasteiger partial charge in [-0.3, -0.25) is 14.8 Å². The van der Waals surface area contributed by atoms with Gasteiger partial charge in [0.1, 0.15) is 12.4 Å². The van der Waals surface area contributed by atoms with Gasteiger partial charge in [0, 0.05) is 24.8 Å². The average Bonchev–Trinajstić information content (AvgIpc) is 2.70. The van der Waals surface area contributed by atoms with E-state index in [0.717, 1.165) is 5.56 Å². The highest BCUT2D eigenvalue weighted by Crippen LogP contribution is 2.26. The predicted octanol–water partition coefficient (Wildman–Crippen LogP) is 0.952. The van der Waals surface area contributed by atoms with E-state index in [9.17, 15) is 9.59 Å². The molecular weight excluding hydrogens is 288 g/mol. The fourth-order valence-corrected chi connectivity index (χ4v) is 2.33. The minimum absolute atomic E-state index is 0.00276. The smallest absolute Gasteiger partial charge is 0.274 e. The molecule has 0 aliphatic carbocycles. The molecule has 2 N–H and O–H groups in total. The van der Waals surface area contributed by atoms with Crippen molar-refractivity contribution in [2.75, 3.05) is 20.3 Å². The molecule has 2 amide bonds. The number of hydrogen-bond acceptors (Lipinski definition) is 5. The molecule has 22 heavy (non-hydrogen) atoms. The van der Waals surface area contributed by atoms with E-state index in [-0.39, 0.29) is 11.9 Å². The summed E-state index contributed by atoms with van der Waals surface area (Å²) in [7, 11) is 1.56. The van der Waals surface area contributed by atoms with Crippen LogP contribution >= 0.6 is 0 Å². The number of carbonyl (C=O) groups is 2. The first kappa shape index (κ1) is 16.3. The molecule has 1 atom stereocenters. The third kappa shape index (κ3) is 3.55. The maximum absolute atomic E-state index is 12.2. The van der Waals surface area contributed by atoms with Crippen molar-refractivity contribution >= 4 is 11.8 Å². The number of amides is 2. The molecule has 0 fully saturated rings. The Balaban J connectivity index is 2.21. The SMILES string of the molecule is COCCC(=O)N1Cc2ccc(C(=O)NO)cc2OC[C@@H]1C. The number of fused-ring (bicyclic) bond motifs is 1. The molecule has 1 aromatic rings. The minimum Gasteiger partial charge on any atom is -0.491 e. The molecule has 2 rings (SSSR count). The number of carbonyl (C=O) groups excluding carboxylic acids is 2. The second kappa shape index (κ2) is 7.24. The van der Waals surface area contributed by atoms with Crippen LogP contribution in [0.3, 0.4) is 0 Å². The fraction of sp³-hybridized carbons (Fsp3) is 0.467. The number of hydroxylamine groups is 1. The van der Waals surface area contributed by atoms with E-state index in [1.807, 2.05) is 6.92 Å². The van der Waals surface area contributed by atoms with Gasteiger partial charge in [-0.05, 0) is 19.1 Å². The van der Waals surface area contributed by atoms with Crippen molar-refractivity contribution in [3.63, 3.8) is 0 Å². The third-order valence-electron chi connectivity index (χ3n) is 3.62. The van der Waals surface area contributed by atoms with Crippen LogP contribution in [0, 0.1) is 0 Å². The largest absolute Gasteiger partial charge is 0.491 e. The summed E-state index contributed by atoms with van der Waals surface area (Å²) < 4.78 is 10.6. The molecule has 0 saturated carbocycles. The summed E-state index contributed by atoms with van der Waals surface area (Å²) in [6.07, 6.45) is 0.321. The van der Waals surface area contributed by atoms with Gasteiger partial charge >= 0.3 is 0 Å². The van der Waals surface area contributed by atoms with Crippen molar-refractivity contribution < 1.29 is 24.3 Å². The average molecular weight is 308 g/mol. The Morgan fingerprint density at radius 3 is 2.95 bits per heavy atom. The predicted molar refractivity (Wildman–Crippen MR) is 77.7 cm³/mol. The molecule has 7 heteroatoms. The van der Waals surface area contributed by atoms with E-state index in [1.165, 1.54) is 0 Å². The van der Waals surface area contributed by atoms with Crippen LogP contribution in [0.4, 0.5) is 0 Å². The molecule has 0 bridgehead atoms. The lowest BCUT2D eigenvalue weighted by Gasteiger charge is -2.26. The second-order valence-corrected chi connectivity index (χ2v) is 5.19. The quantitative estimate of drug-likeness (QED) is 0.639. The molecule has 1 aliphatic rings. The van der Waals surface area contributed by atoms with Crippen LogP contribution in [0.15, 0.2) is 18.2 Å². The zero-order chi connectivity index (χ0) is 16.1. The van der Waals surface area contributed by atoms with Crippen LogP contribution in [0.5, 0.6) is 5.75 Å². The molecular formula is C15H20N2O5. The van der Waals surface area contributed by atoms with E-state index in [1.54, 1.807) is 35.7 Å². The Kier molecular flexibility index (Phi) is 5.35. The number of benzene rings is 1. The molecule has 0 spiro atoms. The number of hydrogen-bond donors (Lipinski definition) is 2. The van der Waals surface area contributed by atoms with Gasteiger partial charge in [0.2, 0.25) is 5.91 Å². The van der Waals surface area contributed by atoms with E-state index >= 15 is 0 Å². The zero-order valence-electron chi connectivity index (χ0n) is 12.7. The summed E-state index contributed by atoms with van der Waals surface area (Å²) in [5.74, 6) is -0.0466. The Bertz CT molecular complexity index is 561. The lowest BCUT2D eigenvalue weighted by molar-refractivity contribution is -0.135. The first-order valence-electron chi connectivity index (χ1n) is 7.05. The highest BCUT2D eigenvalue weighted by atomic mass is 16.5. The lowest BCUT2D eigenvalue weighted by atomic mass is 10.1. The molecule has 1 heterocycles. The highest BCUT2D eigenvalue weighted by Gasteiger charge is 2.25. The summed E-state index contributed by atoms with van der Waals surface area (Å²) >= 11 is 0. The zero-order valence-corrected chi connectivity index (χ0v) is 12.7. The van der Waals surface area contributed by atoms with Crippen LogP contribution in [-0.4, -0.2) is 48.3 Å². The minimum atomic E-state index is -0.600. The summed E-state index contributed by atoms with van der Waals surface area (Å²) in [5, 5.41) is 8.68. The van der Waals surface area contributed by atoms with Crippen LogP contribution in [0.2, 0.25) is 0 Å². The van der Waals surface area contributed by atoms with Crippen molar-refractivity contribution in [2.24, 2.45) is 0 Å². The number of ether oxygens (including phenoxy) is 2. The first-order chi connectivity index (χ1) is 10.6. The van der Waals surface area contributed by atoms with Crippen LogP contribution < -0.4 is 10.2 Å². The van der Waals surface area contributed by atoms with E-state index in [4.69, 9.17) is 14.7 Å². The van der Waals surface area contributed by atoms with Crippen LogP contribution in [0.25, 0.3) is 0 Å². The summed E-state index contributed by atoms with van der Waals surface area (Å²) in [6, 6.07) is 4.80. The number of methoxy groups -OCH3 is 1. The lowest BCUT2D eigenvalue weighted by Crippen LogP contribution is -2.40.